The van der Waals surface area contributed by atoms with Gasteiger partial charge >= 0.3 is 0 Å². The predicted octanol–water partition coefficient (Wildman–Crippen LogP) is 2.08. The zero-order chi connectivity index (χ0) is 10.6. The van der Waals surface area contributed by atoms with Gasteiger partial charge in [-0.2, -0.15) is 0 Å². The van der Waals surface area contributed by atoms with E-state index < -0.39 is 0 Å². The normalized spacial score (nSPS) is 10.2. The number of aliphatic hydroxyl groups excluding tert-OH is 1. The fourth-order valence-electron chi connectivity index (χ4n) is 1.24. The second-order valence-electron chi connectivity index (χ2n) is 3.35. The highest BCUT2D eigenvalue weighted by molar-refractivity contribution is 5.82. The van der Waals surface area contributed by atoms with Gasteiger partial charge in [0.15, 0.2) is 0 Å². The Morgan fingerprint density at radius 2 is 2.21 bits per heavy atom. The fourth-order valence-corrected chi connectivity index (χ4v) is 1.24. The highest BCUT2D eigenvalue weighted by atomic mass is 19.1. The third kappa shape index (κ3) is 2.92. The summed E-state index contributed by atoms with van der Waals surface area (Å²) in [4.78, 5) is 0. The summed E-state index contributed by atoms with van der Waals surface area (Å²) < 4.78 is 12.9. The number of aryl methyl sites for hydroxylation is 2. The average molecular weight is 195 g/mol. The topological polar surface area (TPSA) is 44.1 Å². The monoisotopic (exact) mass is 195 g/mol. The van der Waals surface area contributed by atoms with Gasteiger partial charge in [-0.1, -0.05) is 12.1 Å². The first-order chi connectivity index (χ1) is 6.63. The van der Waals surface area contributed by atoms with Gasteiger partial charge in [0.2, 0.25) is 0 Å². The van der Waals surface area contributed by atoms with Crippen molar-refractivity contribution in [2.24, 2.45) is 0 Å². The third-order valence-electron chi connectivity index (χ3n) is 2.13. The van der Waals surface area contributed by atoms with E-state index in [0.717, 1.165) is 5.56 Å². The Morgan fingerprint density at radius 3 is 2.79 bits per heavy atom. The van der Waals surface area contributed by atoms with Crippen LogP contribution in [-0.2, 0) is 6.42 Å². The molecule has 2 nitrogen and oxygen atoms in total. The first-order valence-corrected chi connectivity index (χ1v) is 4.55. The molecule has 0 fully saturated rings. The van der Waals surface area contributed by atoms with Crippen LogP contribution >= 0.6 is 0 Å². The average Bonchev–Trinajstić information content (AvgIpc) is 2.19. The van der Waals surface area contributed by atoms with Gasteiger partial charge in [0.25, 0.3) is 0 Å². The maximum absolute atomic E-state index is 12.9. The second-order valence-corrected chi connectivity index (χ2v) is 3.35. The van der Waals surface area contributed by atoms with E-state index in [1.165, 1.54) is 6.07 Å². The zero-order valence-electron chi connectivity index (χ0n) is 8.18. The lowest BCUT2D eigenvalue weighted by Gasteiger charge is -2.03. The van der Waals surface area contributed by atoms with Crippen molar-refractivity contribution in [1.29, 1.82) is 5.41 Å². The van der Waals surface area contributed by atoms with E-state index in [1.54, 1.807) is 19.1 Å². The Labute approximate surface area is 82.9 Å². The van der Waals surface area contributed by atoms with Crippen molar-refractivity contribution in [3.8, 4) is 0 Å². The Morgan fingerprint density at radius 1 is 1.50 bits per heavy atom. The molecule has 0 radical (unpaired) electrons. The molecule has 1 aromatic rings. The highest BCUT2D eigenvalue weighted by Gasteiger charge is 2.00. The van der Waals surface area contributed by atoms with Crippen LogP contribution in [-0.4, -0.2) is 17.4 Å². The lowest BCUT2D eigenvalue weighted by Crippen LogP contribution is -2.04. The molecule has 0 spiro atoms. The minimum absolute atomic E-state index is 0.194. The second kappa shape index (κ2) is 4.86. The summed E-state index contributed by atoms with van der Waals surface area (Å²) in [5.74, 6) is -0.203. The van der Waals surface area contributed by atoms with Gasteiger partial charge in [-0.05, 0) is 37.0 Å². The quantitative estimate of drug-likeness (QED) is 0.710. The maximum Gasteiger partial charge on any atom is 0.126 e. The van der Waals surface area contributed by atoms with Crippen LogP contribution in [0.5, 0.6) is 0 Å². The number of hydrogen-bond acceptors (Lipinski definition) is 2. The number of benzene rings is 1. The molecule has 0 aliphatic heterocycles. The molecule has 3 heteroatoms. The van der Waals surface area contributed by atoms with Crippen LogP contribution in [0.2, 0.25) is 0 Å². The van der Waals surface area contributed by atoms with Crippen molar-refractivity contribution in [1.82, 2.24) is 0 Å². The summed E-state index contributed by atoms with van der Waals surface area (Å²) in [5, 5.41) is 15.9. The summed E-state index contributed by atoms with van der Waals surface area (Å²) in [5.41, 5.74) is 1.94. The van der Waals surface area contributed by atoms with E-state index in [4.69, 9.17) is 10.5 Å². The first-order valence-electron chi connectivity index (χ1n) is 4.55. The summed E-state index contributed by atoms with van der Waals surface area (Å²) in [6.45, 7) is 1.52. The molecule has 0 aliphatic rings. The smallest absolute Gasteiger partial charge is 0.126 e. The zero-order valence-corrected chi connectivity index (χ0v) is 8.18. The van der Waals surface area contributed by atoms with Crippen LogP contribution in [0.1, 0.15) is 17.5 Å². The lowest BCUT2D eigenvalue weighted by molar-refractivity contribution is 0.354. The minimum atomic E-state index is -0.203. The van der Waals surface area contributed by atoms with Crippen molar-refractivity contribution in [2.75, 3.05) is 6.61 Å². The number of hydrogen-bond donors (Lipinski definition) is 2. The van der Waals surface area contributed by atoms with E-state index in [-0.39, 0.29) is 12.4 Å². The van der Waals surface area contributed by atoms with Crippen LogP contribution in [0.15, 0.2) is 18.2 Å². The van der Waals surface area contributed by atoms with Crippen molar-refractivity contribution < 1.29 is 9.50 Å². The van der Waals surface area contributed by atoms with Gasteiger partial charge < -0.3 is 10.5 Å². The van der Waals surface area contributed by atoms with E-state index in [9.17, 15) is 4.39 Å². The first kappa shape index (κ1) is 10.9. The summed E-state index contributed by atoms with van der Waals surface area (Å²) >= 11 is 0. The molecule has 2 N–H and O–H groups in total. The van der Waals surface area contributed by atoms with E-state index in [0.29, 0.717) is 24.1 Å². The third-order valence-corrected chi connectivity index (χ3v) is 2.13. The van der Waals surface area contributed by atoms with E-state index >= 15 is 0 Å². The molecule has 0 saturated heterocycles. The van der Waals surface area contributed by atoms with Crippen molar-refractivity contribution in [3.63, 3.8) is 0 Å². The predicted molar refractivity (Wildman–Crippen MR) is 54.3 cm³/mol. The Balaban J connectivity index is 2.60. The molecule has 0 amide bonds. The molecule has 0 bridgehead atoms. The van der Waals surface area contributed by atoms with Gasteiger partial charge in [-0.3, -0.25) is 0 Å². The molecule has 0 heterocycles. The number of aliphatic hydroxyl groups is 1. The summed E-state index contributed by atoms with van der Waals surface area (Å²) in [7, 11) is 0. The molecule has 0 aliphatic carbocycles. The molecule has 76 valence electrons. The fraction of sp³-hybridized carbons (Fsp3) is 0.364. The van der Waals surface area contributed by atoms with Crippen LogP contribution in [0, 0.1) is 18.2 Å². The molecule has 0 atom stereocenters. The van der Waals surface area contributed by atoms with Gasteiger partial charge in [0.1, 0.15) is 5.82 Å². The number of nitrogens with one attached hydrogen (secondary N) is 1. The van der Waals surface area contributed by atoms with Gasteiger partial charge in [-0.15, -0.1) is 0 Å². The molecule has 0 unspecified atom stereocenters. The largest absolute Gasteiger partial charge is 0.390 e. The van der Waals surface area contributed by atoms with Crippen LogP contribution in [0.25, 0.3) is 0 Å². The van der Waals surface area contributed by atoms with Crippen LogP contribution in [0.4, 0.5) is 4.39 Å². The van der Waals surface area contributed by atoms with Crippen molar-refractivity contribution >= 4 is 5.71 Å². The molecule has 1 aromatic carbocycles. The van der Waals surface area contributed by atoms with Gasteiger partial charge in [0, 0.05) is 5.71 Å². The molecule has 1 rings (SSSR count). The van der Waals surface area contributed by atoms with Gasteiger partial charge in [-0.25, -0.2) is 4.39 Å². The maximum atomic E-state index is 12.9. The SMILES string of the molecule is Cc1cc(CCC(=N)CO)ccc1F. The summed E-state index contributed by atoms with van der Waals surface area (Å²) in [6.07, 6.45) is 1.21. The summed E-state index contributed by atoms with van der Waals surface area (Å²) in [6, 6.07) is 4.93. The molecular weight excluding hydrogens is 181 g/mol. The lowest BCUT2D eigenvalue weighted by atomic mass is 10.1. The van der Waals surface area contributed by atoms with E-state index in [2.05, 4.69) is 0 Å². The standard InChI is InChI=1S/C11H14FNO/c1-8-6-9(3-5-11(8)12)2-4-10(13)7-14/h3,5-6,13-14H,2,4,7H2,1H3. The number of rotatable bonds is 4. The Kier molecular flexibility index (Phi) is 3.77. The number of halogens is 1. The Bertz CT molecular complexity index is 336. The minimum Gasteiger partial charge on any atom is -0.390 e. The highest BCUT2D eigenvalue weighted by Crippen LogP contribution is 2.10. The van der Waals surface area contributed by atoms with Crippen molar-refractivity contribution in [3.05, 3.63) is 35.1 Å². The molecular formula is C11H14FNO. The Hall–Kier alpha value is -1.22. The molecule has 14 heavy (non-hydrogen) atoms. The van der Waals surface area contributed by atoms with E-state index in [1.807, 2.05) is 0 Å². The van der Waals surface area contributed by atoms with Gasteiger partial charge in [0.05, 0.1) is 6.61 Å². The van der Waals surface area contributed by atoms with Crippen molar-refractivity contribution in [2.45, 2.75) is 19.8 Å². The van der Waals surface area contributed by atoms with Crippen LogP contribution in [0.3, 0.4) is 0 Å². The molecule has 0 saturated carbocycles. The molecule has 0 aromatic heterocycles. The van der Waals surface area contributed by atoms with Crippen LogP contribution < -0.4 is 0 Å².